The fourth-order valence-corrected chi connectivity index (χ4v) is 1.80. The number of hydrogen-bond donors (Lipinski definition) is 2. The Bertz CT molecular complexity index is 354. The molecule has 0 aliphatic carbocycles. The van der Waals surface area contributed by atoms with Gasteiger partial charge in [0.25, 0.3) is 0 Å². The van der Waals surface area contributed by atoms with Crippen molar-refractivity contribution < 1.29 is 9.53 Å². The molecule has 1 aromatic rings. The van der Waals surface area contributed by atoms with E-state index in [0.29, 0.717) is 26.2 Å². The molecule has 4 heteroatoms. The zero-order chi connectivity index (χ0) is 13.9. The van der Waals surface area contributed by atoms with E-state index < -0.39 is 0 Å². The van der Waals surface area contributed by atoms with Crippen LogP contribution in [0.4, 0.5) is 0 Å². The minimum absolute atomic E-state index is 0.00230. The van der Waals surface area contributed by atoms with E-state index in [1.165, 1.54) is 5.56 Å². The fraction of sp³-hybridized carbons (Fsp3) is 0.533. The van der Waals surface area contributed by atoms with Crippen LogP contribution in [0.3, 0.4) is 0 Å². The largest absolute Gasteiger partial charge is 0.381 e. The first kappa shape index (κ1) is 15.7. The van der Waals surface area contributed by atoms with E-state index in [0.717, 1.165) is 12.8 Å². The van der Waals surface area contributed by atoms with Gasteiger partial charge in [-0.3, -0.25) is 4.79 Å². The monoisotopic (exact) mass is 264 g/mol. The van der Waals surface area contributed by atoms with Crippen LogP contribution in [0.1, 0.15) is 25.3 Å². The van der Waals surface area contributed by atoms with Crippen LogP contribution in [0, 0.1) is 0 Å². The Morgan fingerprint density at radius 1 is 1.32 bits per heavy atom. The van der Waals surface area contributed by atoms with Gasteiger partial charge in [0.2, 0.25) is 5.91 Å². The first-order valence-corrected chi connectivity index (χ1v) is 6.87. The second kappa shape index (κ2) is 9.53. The molecule has 0 aliphatic rings. The molecule has 3 N–H and O–H groups in total. The lowest BCUT2D eigenvalue weighted by atomic mass is 10.1. The van der Waals surface area contributed by atoms with Crippen LogP contribution in [-0.4, -0.2) is 31.7 Å². The molecule has 0 saturated carbocycles. The number of amides is 1. The van der Waals surface area contributed by atoms with E-state index >= 15 is 0 Å². The SMILES string of the molecule is CCCOCCC(=O)NC(CN)Cc1ccccc1. The van der Waals surface area contributed by atoms with Gasteiger partial charge in [0.1, 0.15) is 0 Å². The molecular weight excluding hydrogens is 240 g/mol. The van der Waals surface area contributed by atoms with Crippen molar-refractivity contribution in [3.8, 4) is 0 Å². The van der Waals surface area contributed by atoms with Gasteiger partial charge in [0, 0.05) is 25.6 Å². The van der Waals surface area contributed by atoms with E-state index in [4.69, 9.17) is 10.5 Å². The summed E-state index contributed by atoms with van der Waals surface area (Å²) in [6.45, 7) is 3.67. The number of carbonyl (C=O) groups is 1. The highest BCUT2D eigenvalue weighted by atomic mass is 16.5. The molecule has 4 nitrogen and oxygen atoms in total. The summed E-state index contributed by atoms with van der Waals surface area (Å²) in [7, 11) is 0. The van der Waals surface area contributed by atoms with Crippen LogP contribution in [0.25, 0.3) is 0 Å². The summed E-state index contributed by atoms with van der Waals surface area (Å²) in [4.78, 5) is 11.7. The highest BCUT2D eigenvalue weighted by Crippen LogP contribution is 2.02. The van der Waals surface area contributed by atoms with Crippen molar-refractivity contribution in [2.45, 2.75) is 32.2 Å². The fourth-order valence-electron chi connectivity index (χ4n) is 1.80. The number of hydrogen-bond acceptors (Lipinski definition) is 3. The van der Waals surface area contributed by atoms with Crippen molar-refractivity contribution in [2.24, 2.45) is 5.73 Å². The minimum Gasteiger partial charge on any atom is -0.381 e. The van der Waals surface area contributed by atoms with Gasteiger partial charge in [0.15, 0.2) is 0 Å². The van der Waals surface area contributed by atoms with Crippen LogP contribution < -0.4 is 11.1 Å². The van der Waals surface area contributed by atoms with Crippen LogP contribution >= 0.6 is 0 Å². The van der Waals surface area contributed by atoms with Crippen molar-refractivity contribution in [3.63, 3.8) is 0 Å². The molecule has 0 radical (unpaired) electrons. The van der Waals surface area contributed by atoms with E-state index in [1.54, 1.807) is 0 Å². The first-order valence-electron chi connectivity index (χ1n) is 6.87. The molecule has 0 heterocycles. The lowest BCUT2D eigenvalue weighted by Gasteiger charge is -2.17. The third-order valence-corrected chi connectivity index (χ3v) is 2.80. The van der Waals surface area contributed by atoms with Crippen LogP contribution in [0.2, 0.25) is 0 Å². The van der Waals surface area contributed by atoms with Crippen molar-refractivity contribution in [3.05, 3.63) is 35.9 Å². The number of nitrogens with two attached hydrogens (primary N) is 1. The highest BCUT2D eigenvalue weighted by Gasteiger charge is 2.11. The van der Waals surface area contributed by atoms with Gasteiger partial charge in [-0.15, -0.1) is 0 Å². The maximum Gasteiger partial charge on any atom is 0.222 e. The van der Waals surface area contributed by atoms with E-state index in [1.807, 2.05) is 37.3 Å². The Labute approximate surface area is 115 Å². The van der Waals surface area contributed by atoms with Crippen molar-refractivity contribution in [2.75, 3.05) is 19.8 Å². The second-order valence-corrected chi connectivity index (χ2v) is 4.55. The molecular formula is C15H24N2O2. The zero-order valence-electron chi connectivity index (χ0n) is 11.6. The van der Waals surface area contributed by atoms with Gasteiger partial charge < -0.3 is 15.8 Å². The summed E-state index contributed by atoms with van der Waals surface area (Å²) in [6, 6.07) is 10.0. The first-order chi connectivity index (χ1) is 9.26. The van der Waals surface area contributed by atoms with Crippen molar-refractivity contribution >= 4 is 5.91 Å². The third kappa shape index (κ3) is 6.94. The topological polar surface area (TPSA) is 64.3 Å². The molecule has 0 saturated heterocycles. The third-order valence-electron chi connectivity index (χ3n) is 2.80. The number of nitrogens with one attached hydrogen (secondary N) is 1. The molecule has 0 fully saturated rings. The standard InChI is InChI=1S/C15H24N2O2/c1-2-9-19-10-8-15(18)17-14(12-16)11-13-6-4-3-5-7-13/h3-7,14H,2,8-12,16H2,1H3,(H,17,18). The highest BCUT2D eigenvalue weighted by molar-refractivity contribution is 5.76. The summed E-state index contributed by atoms with van der Waals surface area (Å²) in [5.41, 5.74) is 6.88. The smallest absolute Gasteiger partial charge is 0.222 e. The molecule has 1 atom stereocenters. The Balaban J connectivity index is 2.29. The van der Waals surface area contributed by atoms with Crippen LogP contribution in [-0.2, 0) is 16.0 Å². The van der Waals surface area contributed by atoms with E-state index in [-0.39, 0.29) is 11.9 Å². The molecule has 0 bridgehead atoms. The average Bonchev–Trinajstić information content (AvgIpc) is 2.44. The molecule has 0 spiro atoms. The quantitative estimate of drug-likeness (QED) is 0.664. The molecule has 1 amide bonds. The average molecular weight is 264 g/mol. The Hall–Kier alpha value is -1.39. The molecule has 1 rings (SSSR count). The van der Waals surface area contributed by atoms with E-state index in [2.05, 4.69) is 5.32 Å². The normalized spacial score (nSPS) is 12.1. The Morgan fingerprint density at radius 2 is 2.05 bits per heavy atom. The zero-order valence-corrected chi connectivity index (χ0v) is 11.6. The van der Waals surface area contributed by atoms with Gasteiger partial charge >= 0.3 is 0 Å². The van der Waals surface area contributed by atoms with Crippen molar-refractivity contribution in [1.82, 2.24) is 5.32 Å². The number of ether oxygens (including phenoxy) is 1. The summed E-state index contributed by atoms with van der Waals surface area (Å²) in [5, 5.41) is 2.95. The van der Waals surface area contributed by atoms with Crippen LogP contribution in [0.15, 0.2) is 30.3 Å². The van der Waals surface area contributed by atoms with E-state index in [9.17, 15) is 4.79 Å². The minimum atomic E-state index is -0.0129. The maximum absolute atomic E-state index is 11.7. The summed E-state index contributed by atoms with van der Waals surface area (Å²) in [6.07, 6.45) is 2.13. The van der Waals surface area contributed by atoms with Gasteiger partial charge in [-0.1, -0.05) is 37.3 Å². The number of benzene rings is 1. The van der Waals surface area contributed by atoms with Gasteiger partial charge in [-0.25, -0.2) is 0 Å². The van der Waals surface area contributed by atoms with Gasteiger partial charge in [-0.2, -0.15) is 0 Å². The van der Waals surface area contributed by atoms with Crippen LogP contribution in [0.5, 0.6) is 0 Å². The molecule has 0 aromatic heterocycles. The summed E-state index contributed by atoms with van der Waals surface area (Å²) < 4.78 is 5.29. The Kier molecular flexibility index (Phi) is 7.86. The lowest BCUT2D eigenvalue weighted by molar-refractivity contribution is -0.122. The molecule has 1 aromatic carbocycles. The Morgan fingerprint density at radius 3 is 2.68 bits per heavy atom. The maximum atomic E-state index is 11.7. The number of rotatable bonds is 9. The van der Waals surface area contributed by atoms with Gasteiger partial charge in [0.05, 0.1) is 6.61 Å². The van der Waals surface area contributed by atoms with Crippen molar-refractivity contribution in [1.29, 1.82) is 0 Å². The molecule has 19 heavy (non-hydrogen) atoms. The molecule has 106 valence electrons. The molecule has 0 aliphatic heterocycles. The summed E-state index contributed by atoms with van der Waals surface area (Å²) in [5.74, 6) is 0.00230. The molecule has 1 unspecified atom stereocenters. The summed E-state index contributed by atoms with van der Waals surface area (Å²) >= 11 is 0. The lowest BCUT2D eigenvalue weighted by Crippen LogP contribution is -2.42. The number of carbonyl (C=O) groups excluding carboxylic acids is 1. The van der Waals surface area contributed by atoms with Gasteiger partial charge in [-0.05, 0) is 18.4 Å². The predicted octanol–water partition coefficient (Wildman–Crippen LogP) is 1.49. The predicted molar refractivity (Wildman–Crippen MR) is 76.9 cm³/mol. The second-order valence-electron chi connectivity index (χ2n) is 4.55.